The number of hydrogen-bond donors (Lipinski definition) is 4. The van der Waals surface area contributed by atoms with Crippen LogP contribution in [0.15, 0.2) is 60.9 Å². The molecule has 36 heavy (non-hydrogen) atoms. The fraction of sp³-hybridized carbons (Fsp3) is 0.333. The maximum atomic E-state index is 13.9. The molecular formula is C27H29F3N6. The van der Waals surface area contributed by atoms with Crippen LogP contribution in [0, 0.1) is 6.92 Å². The molecule has 0 bridgehead atoms. The van der Waals surface area contributed by atoms with Gasteiger partial charge in [0, 0.05) is 46.6 Å². The average Bonchev–Trinajstić information content (AvgIpc) is 3.28. The number of halogens is 3. The molecule has 0 aliphatic heterocycles. The second-order valence-electron chi connectivity index (χ2n) is 9.49. The van der Waals surface area contributed by atoms with E-state index in [1.165, 1.54) is 24.3 Å². The first-order chi connectivity index (χ1) is 17.3. The van der Waals surface area contributed by atoms with E-state index in [4.69, 9.17) is 10.7 Å². The van der Waals surface area contributed by atoms with Crippen molar-refractivity contribution >= 4 is 22.5 Å². The number of aromatic amines is 1. The molecule has 5 N–H and O–H groups in total. The lowest BCUT2D eigenvalue weighted by molar-refractivity contribution is -0.160. The third-order valence-electron chi connectivity index (χ3n) is 6.82. The summed E-state index contributed by atoms with van der Waals surface area (Å²) >= 11 is 0. The smallest absolute Gasteiger partial charge is 0.399 e. The minimum atomic E-state index is -4.41. The van der Waals surface area contributed by atoms with Crippen LogP contribution in [0.2, 0.25) is 0 Å². The quantitative estimate of drug-likeness (QED) is 0.242. The number of aryl methyl sites for hydroxylation is 1. The highest BCUT2D eigenvalue weighted by Gasteiger charge is 2.42. The highest BCUT2D eigenvalue weighted by molar-refractivity contribution is 5.95. The number of H-pyrrole nitrogens is 1. The van der Waals surface area contributed by atoms with E-state index in [9.17, 15) is 13.2 Å². The summed E-state index contributed by atoms with van der Waals surface area (Å²) in [6.45, 7) is 1.97. The third kappa shape index (κ3) is 5.16. The topological polar surface area (TPSA) is 91.7 Å². The fourth-order valence-corrected chi connectivity index (χ4v) is 5.01. The summed E-state index contributed by atoms with van der Waals surface area (Å²) in [5.74, 6) is 0.484. The Morgan fingerprint density at radius 3 is 2.58 bits per heavy atom. The molecule has 2 aromatic carbocycles. The van der Waals surface area contributed by atoms with E-state index in [1.807, 2.05) is 37.4 Å². The van der Waals surface area contributed by atoms with Crippen molar-refractivity contribution < 1.29 is 13.2 Å². The highest BCUT2D eigenvalue weighted by atomic mass is 19.4. The number of alkyl halides is 3. The Bertz CT molecular complexity index is 1330. The van der Waals surface area contributed by atoms with Gasteiger partial charge in [-0.1, -0.05) is 30.3 Å². The number of fused-ring (bicyclic) bond motifs is 1. The van der Waals surface area contributed by atoms with Crippen LogP contribution in [0.25, 0.3) is 22.2 Å². The molecule has 9 heteroatoms. The third-order valence-corrected chi connectivity index (χ3v) is 6.82. The normalized spacial score (nSPS) is 19.3. The van der Waals surface area contributed by atoms with Gasteiger partial charge in [-0.2, -0.15) is 13.2 Å². The van der Waals surface area contributed by atoms with Crippen molar-refractivity contribution in [2.75, 3.05) is 11.1 Å². The summed E-state index contributed by atoms with van der Waals surface area (Å²) < 4.78 is 41.7. The number of rotatable bonds is 6. The fourth-order valence-electron chi connectivity index (χ4n) is 5.01. The van der Waals surface area contributed by atoms with Crippen LogP contribution in [0.1, 0.15) is 42.9 Å². The molecule has 0 spiro atoms. The van der Waals surface area contributed by atoms with Crippen LogP contribution >= 0.6 is 0 Å². The number of nitrogens with zero attached hydrogens (tertiary/aromatic N) is 2. The minimum Gasteiger partial charge on any atom is -0.399 e. The van der Waals surface area contributed by atoms with Crippen LogP contribution in [0.5, 0.6) is 0 Å². The van der Waals surface area contributed by atoms with Gasteiger partial charge in [0.15, 0.2) is 0 Å². The van der Waals surface area contributed by atoms with Gasteiger partial charge in [-0.15, -0.1) is 0 Å². The van der Waals surface area contributed by atoms with Crippen LogP contribution < -0.4 is 16.4 Å². The predicted octanol–water partition coefficient (Wildman–Crippen LogP) is 6.13. The molecule has 2 heterocycles. The molecule has 1 saturated carbocycles. The molecule has 5 rings (SSSR count). The number of nitrogen functional groups attached to an aromatic ring is 1. The van der Waals surface area contributed by atoms with Crippen molar-refractivity contribution in [2.45, 2.75) is 56.9 Å². The van der Waals surface area contributed by atoms with E-state index in [-0.39, 0.29) is 17.6 Å². The average molecular weight is 495 g/mol. The lowest BCUT2D eigenvalue weighted by Gasteiger charge is -2.34. The van der Waals surface area contributed by atoms with E-state index < -0.39 is 12.2 Å². The maximum Gasteiger partial charge on any atom is 0.407 e. The van der Waals surface area contributed by atoms with Crippen molar-refractivity contribution in [1.29, 1.82) is 0 Å². The second kappa shape index (κ2) is 9.81. The van der Waals surface area contributed by atoms with Gasteiger partial charge in [-0.25, -0.2) is 9.97 Å². The maximum absolute atomic E-state index is 13.9. The molecule has 1 aliphatic carbocycles. The van der Waals surface area contributed by atoms with Crippen molar-refractivity contribution in [1.82, 2.24) is 20.3 Å². The van der Waals surface area contributed by atoms with Crippen molar-refractivity contribution in [2.24, 2.45) is 0 Å². The summed E-state index contributed by atoms with van der Waals surface area (Å²) in [5.41, 5.74) is 10.1. The molecule has 0 saturated heterocycles. The van der Waals surface area contributed by atoms with Gasteiger partial charge in [0.05, 0.1) is 5.69 Å². The van der Waals surface area contributed by atoms with Gasteiger partial charge in [-0.05, 0) is 61.9 Å². The molecule has 4 aromatic rings. The highest BCUT2D eigenvalue weighted by Crippen LogP contribution is 2.35. The number of para-hydroxylation sites is 1. The zero-order valence-corrected chi connectivity index (χ0v) is 19.9. The van der Waals surface area contributed by atoms with Gasteiger partial charge >= 0.3 is 6.18 Å². The first-order valence-electron chi connectivity index (χ1n) is 12.1. The monoisotopic (exact) mass is 494 g/mol. The summed E-state index contributed by atoms with van der Waals surface area (Å²) in [7, 11) is 0. The molecule has 0 unspecified atom stereocenters. The standard InChI is InChI=1S/C27H29F3N6/c1-16-14-33-26(36-24(16)22-15-32-23-8-3-2-7-21(22)23)35-20-6-4-5-19(13-20)34-25(27(28,29)30)17-9-11-18(31)12-10-17/h2-3,7-12,14-15,19-20,25,32,34H,4-6,13,31H2,1H3,(H,33,35,36)/t19-,20+,25+/m0/s1. The zero-order chi connectivity index (χ0) is 25.3. The lowest BCUT2D eigenvalue weighted by Crippen LogP contribution is -2.45. The Hall–Kier alpha value is -3.59. The number of nitrogens with two attached hydrogens (primary N) is 1. The molecule has 1 aliphatic rings. The molecule has 0 radical (unpaired) electrons. The van der Waals surface area contributed by atoms with Gasteiger partial charge in [-0.3, -0.25) is 5.32 Å². The van der Waals surface area contributed by atoms with Crippen LogP contribution in [0.3, 0.4) is 0 Å². The summed E-state index contributed by atoms with van der Waals surface area (Å²) in [6, 6.07) is 11.8. The van der Waals surface area contributed by atoms with Gasteiger partial charge < -0.3 is 16.0 Å². The van der Waals surface area contributed by atoms with E-state index in [0.717, 1.165) is 40.6 Å². The number of hydrogen-bond acceptors (Lipinski definition) is 5. The molecule has 188 valence electrons. The van der Waals surface area contributed by atoms with Crippen LogP contribution in [-0.4, -0.2) is 33.2 Å². The largest absolute Gasteiger partial charge is 0.407 e. The minimum absolute atomic E-state index is 0.0323. The Morgan fingerprint density at radius 1 is 1.06 bits per heavy atom. The van der Waals surface area contributed by atoms with Gasteiger partial charge in [0.2, 0.25) is 5.95 Å². The number of anilines is 2. The lowest BCUT2D eigenvalue weighted by atomic mass is 9.90. The predicted molar refractivity (Wildman–Crippen MR) is 137 cm³/mol. The van der Waals surface area contributed by atoms with E-state index in [0.29, 0.717) is 24.5 Å². The number of aromatic nitrogens is 3. The number of benzene rings is 2. The summed E-state index contributed by atoms with van der Waals surface area (Å²) in [4.78, 5) is 12.5. The summed E-state index contributed by atoms with van der Waals surface area (Å²) in [5, 5.41) is 7.31. The van der Waals surface area contributed by atoms with Crippen LogP contribution in [0.4, 0.5) is 24.8 Å². The van der Waals surface area contributed by atoms with Gasteiger partial charge in [0.25, 0.3) is 0 Å². The Balaban J connectivity index is 1.31. The molecule has 1 fully saturated rings. The van der Waals surface area contributed by atoms with E-state index in [1.54, 1.807) is 6.20 Å². The second-order valence-corrected chi connectivity index (χ2v) is 9.49. The van der Waals surface area contributed by atoms with Crippen molar-refractivity contribution in [3.05, 3.63) is 72.1 Å². The Morgan fingerprint density at radius 2 is 1.81 bits per heavy atom. The van der Waals surface area contributed by atoms with Crippen molar-refractivity contribution in [3.8, 4) is 11.3 Å². The first-order valence-corrected chi connectivity index (χ1v) is 12.1. The summed E-state index contributed by atoms with van der Waals surface area (Å²) in [6.07, 6.45) is 2.19. The molecule has 2 aromatic heterocycles. The Kier molecular flexibility index (Phi) is 6.57. The first kappa shape index (κ1) is 24.1. The van der Waals surface area contributed by atoms with E-state index >= 15 is 0 Å². The number of nitrogens with one attached hydrogen (secondary N) is 3. The Labute approximate surface area is 207 Å². The zero-order valence-electron chi connectivity index (χ0n) is 19.9. The van der Waals surface area contributed by atoms with Crippen molar-refractivity contribution in [3.63, 3.8) is 0 Å². The van der Waals surface area contributed by atoms with Crippen LogP contribution in [-0.2, 0) is 0 Å². The molecule has 3 atom stereocenters. The van der Waals surface area contributed by atoms with E-state index in [2.05, 4.69) is 20.6 Å². The SMILES string of the molecule is Cc1cnc(N[C@@H]2CCC[C@H](N[C@H](c3ccc(N)cc3)C(F)(F)F)C2)nc1-c1c[nH]c2ccccc12. The molecule has 0 amide bonds. The molecular weight excluding hydrogens is 465 g/mol. The van der Waals surface area contributed by atoms with Gasteiger partial charge in [0.1, 0.15) is 6.04 Å². The molecule has 6 nitrogen and oxygen atoms in total.